The lowest BCUT2D eigenvalue weighted by Gasteiger charge is -2.31. The average Bonchev–Trinajstić information content (AvgIpc) is 2.50. The second-order valence-corrected chi connectivity index (χ2v) is 5.99. The number of halogens is 2. The number of likely N-dealkylation sites (tertiary alicyclic amines) is 1. The van der Waals surface area contributed by atoms with Crippen molar-refractivity contribution in [3.05, 3.63) is 28.5 Å². The summed E-state index contributed by atoms with van der Waals surface area (Å²) in [4.78, 5) is 14.0. The quantitative estimate of drug-likeness (QED) is 0.483. The van der Waals surface area contributed by atoms with Gasteiger partial charge in [0.05, 0.1) is 4.47 Å². The zero-order valence-electron chi connectivity index (χ0n) is 11.8. The number of amidine groups is 1. The third kappa shape index (κ3) is 3.82. The van der Waals surface area contributed by atoms with E-state index in [2.05, 4.69) is 21.2 Å². The van der Waals surface area contributed by atoms with Crippen molar-refractivity contribution in [2.24, 2.45) is 11.7 Å². The minimum absolute atomic E-state index is 0.00950. The van der Waals surface area contributed by atoms with Gasteiger partial charge in [-0.1, -0.05) is 0 Å². The number of Topliss-reactive ketones (excluding diaryl/α,β-unsaturated/α-hetero) is 1. The first-order chi connectivity index (χ1) is 10.4. The maximum Gasteiger partial charge on any atom is 0.200 e. The highest BCUT2D eigenvalue weighted by molar-refractivity contribution is 9.10. The number of piperidine rings is 1. The van der Waals surface area contributed by atoms with Crippen LogP contribution < -0.4 is 11.1 Å². The van der Waals surface area contributed by atoms with Gasteiger partial charge in [-0.05, 0) is 47.0 Å². The van der Waals surface area contributed by atoms with Gasteiger partial charge >= 0.3 is 0 Å². The van der Waals surface area contributed by atoms with E-state index >= 15 is 0 Å². The predicted molar refractivity (Wildman–Crippen MR) is 86.7 cm³/mol. The molecule has 1 aliphatic heterocycles. The van der Waals surface area contributed by atoms with Crippen molar-refractivity contribution in [2.75, 3.05) is 18.4 Å². The minimum atomic E-state index is -0.403. The van der Waals surface area contributed by atoms with Gasteiger partial charge < -0.3 is 16.0 Å². The highest BCUT2D eigenvalue weighted by Gasteiger charge is 2.28. The number of hydrogen-bond donors (Lipinski definition) is 4. The summed E-state index contributed by atoms with van der Waals surface area (Å²) in [5.41, 5.74) is 5.89. The maximum atomic E-state index is 13.2. The molecule has 1 aliphatic rings. The Labute approximate surface area is 136 Å². The summed E-state index contributed by atoms with van der Waals surface area (Å²) in [7, 11) is 0. The minimum Gasteiger partial charge on any atom is -0.370 e. The molecule has 0 bridgehead atoms. The largest absolute Gasteiger partial charge is 0.370 e. The lowest BCUT2D eigenvalue weighted by molar-refractivity contribution is -0.117. The number of benzene rings is 1. The number of nitrogens with two attached hydrogens (primary N) is 1. The zero-order valence-corrected chi connectivity index (χ0v) is 13.4. The third-order valence-corrected chi connectivity index (χ3v) is 4.25. The van der Waals surface area contributed by atoms with Crippen molar-refractivity contribution >= 4 is 39.2 Å². The van der Waals surface area contributed by atoms with Gasteiger partial charge in [-0.15, -0.1) is 0 Å². The molecule has 6 nitrogen and oxygen atoms in total. The molecule has 0 unspecified atom stereocenters. The Kier molecular flexibility index (Phi) is 5.12. The van der Waals surface area contributed by atoms with Crippen molar-refractivity contribution in [3.8, 4) is 0 Å². The summed E-state index contributed by atoms with van der Waals surface area (Å²) in [6, 6.07) is 4.21. The fourth-order valence-corrected chi connectivity index (χ4v) is 2.75. The number of carbonyl (C=O) groups excluding carboxylic acids is 1. The van der Waals surface area contributed by atoms with Gasteiger partial charge in [-0.3, -0.25) is 15.6 Å². The fraction of sp³-hybridized carbons (Fsp3) is 0.357. The Balaban J connectivity index is 1.94. The van der Waals surface area contributed by atoms with Crippen LogP contribution in [0.1, 0.15) is 12.8 Å². The van der Waals surface area contributed by atoms with Crippen LogP contribution in [0.2, 0.25) is 0 Å². The van der Waals surface area contributed by atoms with E-state index in [4.69, 9.17) is 16.6 Å². The first kappa shape index (κ1) is 16.4. The first-order valence-electron chi connectivity index (χ1n) is 6.82. The number of nitrogens with zero attached hydrogens (tertiary/aromatic N) is 1. The molecule has 1 saturated heterocycles. The number of guanidine groups is 1. The zero-order chi connectivity index (χ0) is 16.3. The van der Waals surface area contributed by atoms with Crippen LogP contribution in [0.4, 0.5) is 10.1 Å². The molecule has 0 radical (unpaired) electrons. The van der Waals surface area contributed by atoms with E-state index in [9.17, 15) is 9.18 Å². The summed E-state index contributed by atoms with van der Waals surface area (Å²) < 4.78 is 13.4. The van der Waals surface area contributed by atoms with Gasteiger partial charge in [0.15, 0.2) is 11.8 Å². The molecule has 0 atom stereocenters. The van der Waals surface area contributed by atoms with Crippen molar-refractivity contribution < 1.29 is 9.18 Å². The van der Waals surface area contributed by atoms with E-state index in [-0.39, 0.29) is 28.0 Å². The molecule has 1 heterocycles. The van der Waals surface area contributed by atoms with Crippen LogP contribution in [0, 0.1) is 22.6 Å². The number of hydrogen-bond acceptors (Lipinski definition) is 3. The van der Waals surface area contributed by atoms with Crippen LogP contribution in [0.5, 0.6) is 0 Å². The fourth-order valence-electron chi connectivity index (χ4n) is 2.37. The van der Waals surface area contributed by atoms with E-state index in [0.29, 0.717) is 31.6 Å². The normalized spacial score (nSPS) is 15.5. The highest BCUT2D eigenvalue weighted by Crippen LogP contribution is 2.22. The Hall–Kier alpha value is -1.96. The van der Waals surface area contributed by atoms with Crippen molar-refractivity contribution in [1.82, 2.24) is 4.90 Å². The lowest BCUT2D eigenvalue weighted by atomic mass is 9.92. The van der Waals surface area contributed by atoms with Crippen molar-refractivity contribution in [3.63, 3.8) is 0 Å². The monoisotopic (exact) mass is 369 g/mol. The Morgan fingerprint density at radius 2 is 2.00 bits per heavy atom. The number of rotatable bonds is 3. The molecule has 2 rings (SSSR count). The summed E-state index contributed by atoms with van der Waals surface area (Å²) in [5.74, 6) is -1.13. The van der Waals surface area contributed by atoms with Crippen molar-refractivity contribution in [2.45, 2.75) is 12.8 Å². The first-order valence-corrected chi connectivity index (χ1v) is 7.61. The van der Waals surface area contributed by atoms with Crippen LogP contribution in [-0.4, -0.2) is 35.6 Å². The van der Waals surface area contributed by atoms with E-state index < -0.39 is 5.82 Å². The van der Waals surface area contributed by atoms with Gasteiger partial charge in [0.2, 0.25) is 5.78 Å². The Morgan fingerprint density at radius 1 is 1.36 bits per heavy atom. The van der Waals surface area contributed by atoms with Gasteiger partial charge in [0.1, 0.15) is 5.82 Å². The second-order valence-electron chi connectivity index (χ2n) is 5.14. The summed E-state index contributed by atoms with van der Waals surface area (Å²) in [6.07, 6.45) is 1.13. The number of ketones is 1. The van der Waals surface area contributed by atoms with E-state index in [0.717, 1.165) is 0 Å². The molecular formula is C14H17BrFN5O. The maximum absolute atomic E-state index is 13.2. The van der Waals surface area contributed by atoms with Crippen LogP contribution in [0.3, 0.4) is 0 Å². The SMILES string of the molecule is N=C(Nc1ccc(F)c(Br)c1)C(=O)C1CCN(C(=N)N)CC1. The third-order valence-electron chi connectivity index (χ3n) is 3.64. The van der Waals surface area contributed by atoms with Crippen LogP contribution >= 0.6 is 15.9 Å². The van der Waals surface area contributed by atoms with Crippen molar-refractivity contribution in [1.29, 1.82) is 10.8 Å². The van der Waals surface area contributed by atoms with Gasteiger partial charge in [-0.25, -0.2) is 4.39 Å². The smallest absolute Gasteiger partial charge is 0.200 e. The molecule has 0 aliphatic carbocycles. The number of anilines is 1. The lowest BCUT2D eigenvalue weighted by Crippen LogP contribution is -2.44. The summed E-state index contributed by atoms with van der Waals surface area (Å²) in [6.45, 7) is 1.09. The Bertz CT molecular complexity index is 613. The molecule has 0 saturated carbocycles. The highest BCUT2D eigenvalue weighted by atomic mass is 79.9. The van der Waals surface area contributed by atoms with Gasteiger partial charge in [0, 0.05) is 24.7 Å². The molecule has 5 N–H and O–H groups in total. The van der Waals surface area contributed by atoms with Gasteiger partial charge in [0.25, 0.3) is 0 Å². The average molecular weight is 370 g/mol. The van der Waals surface area contributed by atoms with Crippen LogP contribution in [0.25, 0.3) is 0 Å². The summed E-state index contributed by atoms with van der Waals surface area (Å²) >= 11 is 3.06. The molecule has 1 fully saturated rings. The number of carbonyl (C=O) groups is 1. The van der Waals surface area contributed by atoms with E-state index in [1.807, 2.05) is 0 Å². The van der Waals surface area contributed by atoms with Crippen LogP contribution in [-0.2, 0) is 4.79 Å². The van der Waals surface area contributed by atoms with Gasteiger partial charge in [-0.2, -0.15) is 0 Å². The molecule has 1 aromatic carbocycles. The predicted octanol–water partition coefficient (Wildman–Crippen LogP) is 2.15. The standard InChI is InChI=1S/C14H17BrFN5O/c15-10-7-9(1-2-11(10)16)20-13(17)12(22)8-3-5-21(6-4-8)14(18)19/h1-2,7-8H,3-6H2,(H2,17,20)(H3,18,19). The molecule has 1 aromatic rings. The topological polar surface area (TPSA) is 106 Å². The van der Waals surface area contributed by atoms with E-state index in [1.54, 1.807) is 4.90 Å². The molecule has 0 spiro atoms. The second kappa shape index (κ2) is 6.87. The Morgan fingerprint density at radius 3 is 2.55 bits per heavy atom. The summed E-state index contributed by atoms with van der Waals surface area (Å²) in [5, 5.41) is 17.9. The van der Waals surface area contributed by atoms with E-state index in [1.165, 1.54) is 18.2 Å². The molecule has 0 amide bonds. The molecule has 22 heavy (non-hydrogen) atoms. The molecule has 8 heteroatoms. The molecular weight excluding hydrogens is 353 g/mol. The number of nitrogens with one attached hydrogen (secondary N) is 3. The molecule has 0 aromatic heterocycles. The molecule has 118 valence electrons. The van der Waals surface area contributed by atoms with Crippen LogP contribution in [0.15, 0.2) is 22.7 Å².